The first-order valence-electron chi connectivity index (χ1n) is 7.48. The Bertz CT molecular complexity index is 748. The lowest BCUT2D eigenvalue weighted by molar-refractivity contribution is -0.385. The van der Waals surface area contributed by atoms with Crippen molar-refractivity contribution in [1.82, 2.24) is 4.98 Å². The van der Waals surface area contributed by atoms with Crippen LogP contribution >= 0.6 is 0 Å². The number of hydrogen-bond donors (Lipinski definition) is 0. The topological polar surface area (TPSA) is 68.5 Å². The molecule has 2 heterocycles. The SMILES string of the molecule is O=[N+]([O-])c1ccc(N2CCOC[C@@H]2c2ccc(C(F)(F)F)cc2)nc1. The van der Waals surface area contributed by atoms with Gasteiger partial charge in [-0.25, -0.2) is 4.98 Å². The molecule has 1 aliphatic heterocycles. The van der Waals surface area contributed by atoms with E-state index in [-0.39, 0.29) is 11.7 Å². The average molecular weight is 353 g/mol. The number of alkyl halides is 3. The summed E-state index contributed by atoms with van der Waals surface area (Å²) < 4.78 is 43.6. The number of rotatable bonds is 3. The van der Waals surface area contributed by atoms with E-state index in [1.165, 1.54) is 24.3 Å². The number of anilines is 1. The van der Waals surface area contributed by atoms with Gasteiger partial charge in [0, 0.05) is 12.6 Å². The Labute approximate surface area is 141 Å². The molecule has 6 nitrogen and oxygen atoms in total. The Morgan fingerprint density at radius 3 is 2.48 bits per heavy atom. The van der Waals surface area contributed by atoms with Gasteiger partial charge in [-0.05, 0) is 23.8 Å². The summed E-state index contributed by atoms with van der Waals surface area (Å²) in [5.41, 5.74) is -0.177. The predicted octanol–water partition coefficient (Wildman–Crippen LogP) is 3.59. The van der Waals surface area contributed by atoms with Gasteiger partial charge in [0.25, 0.3) is 5.69 Å². The Hall–Kier alpha value is -2.68. The number of nitrogens with zero attached hydrogens (tertiary/aromatic N) is 3. The van der Waals surface area contributed by atoms with Crippen LogP contribution in [0, 0.1) is 10.1 Å². The highest BCUT2D eigenvalue weighted by atomic mass is 19.4. The zero-order valence-corrected chi connectivity index (χ0v) is 12.9. The third kappa shape index (κ3) is 3.71. The summed E-state index contributed by atoms with van der Waals surface area (Å²) in [6.07, 6.45) is -3.23. The van der Waals surface area contributed by atoms with Crippen LogP contribution in [0.3, 0.4) is 0 Å². The molecule has 0 N–H and O–H groups in total. The van der Waals surface area contributed by atoms with Crippen molar-refractivity contribution in [3.8, 4) is 0 Å². The Morgan fingerprint density at radius 1 is 1.20 bits per heavy atom. The van der Waals surface area contributed by atoms with E-state index in [1.54, 1.807) is 0 Å². The van der Waals surface area contributed by atoms with Gasteiger partial charge in [-0.3, -0.25) is 10.1 Å². The van der Waals surface area contributed by atoms with Crippen molar-refractivity contribution >= 4 is 11.5 Å². The largest absolute Gasteiger partial charge is 0.416 e. The van der Waals surface area contributed by atoms with Gasteiger partial charge < -0.3 is 9.64 Å². The maximum absolute atomic E-state index is 12.7. The van der Waals surface area contributed by atoms with Crippen molar-refractivity contribution in [2.75, 3.05) is 24.7 Å². The van der Waals surface area contributed by atoms with Crippen LogP contribution < -0.4 is 4.90 Å². The molecule has 1 fully saturated rings. The van der Waals surface area contributed by atoms with Crippen LogP contribution in [0.2, 0.25) is 0 Å². The molecule has 1 saturated heterocycles. The molecule has 0 amide bonds. The third-order valence-electron chi connectivity index (χ3n) is 3.99. The fraction of sp³-hybridized carbons (Fsp3) is 0.312. The van der Waals surface area contributed by atoms with Gasteiger partial charge >= 0.3 is 6.18 Å². The minimum absolute atomic E-state index is 0.122. The molecule has 1 aromatic heterocycles. The molecular weight excluding hydrogens is 339 g/mol. The molecule has 0 bridgehead atoms. The van der Waals surface area contributed by atoms with Crippen LogP contribution in [0.4, 0.5) is 24.7 Å². The van der Waals surface area contributed by atoms with Crippen LogP contribution in [-0.2, 0) is 10.9 Å². The molecule has 0 radical (unpaired) electrons. The van der Waals surface area contributed by atoms with Crippen LogP contribution in [0.25, 0.3) is 0 Å². The predicted molar refractivity (Wildman–Crippen MR) is 83.2 cm³/mol. The lowest BCUT2D eigenvalue weighted by Gasteiger charge is -2.36. The number of ether oxygens (including phenoxy) is 1. The number of pyridine rings is 1. The van der Waals surface area contributed by atoms with Crippen molar-refractivity contribution in [2.24, 2.45) is 0 Å². The second-order valence-corrected chi connectivity index (χ2v) is 5.54. The fourth-order valence-corrected chi connectivity index (χ4v) is 2.70. The third-order valence-corrected chi connectivity index (χ3v) is 3.99. The van der Waals surface area contributed by atoms with E-state index in [0.29, 0.717) is 31.1 Å². The summed E-state index contributed by atoms with van der Waals surface area (Å²) in [6, 6.07) is 7.46. The summed E-state index contributed by atoms with van der Waals surface area (Å²) in [7, 11) is 0. The summed E-state index contributed by atoms with van der Waals surface area (Å²) in [5.74, 6) is 0.513. The molecule has 132 valence electrons. The van der Waals surface area contributed by atoms with Crippen molar-refractivity contribution in [3.63, 3.8) is 0 Å². The Morgan fingerprint density at radius 2 is 1.92 bits per heavy atom. The van der Waals surface area contributed by atoms with Crippen LogP contribution in [0.5, 0.6) is 0 Å². The van der Waals surface area contributed by atoms with E-state index in [1.807, 2.05) is 4.90 Å². The highest BCUT2D eigenvalue weighted by molar-refractivity contribution is 5.46. The lowest BCUT2D eigenvalue weighted by Crippen LogP contribution is -2.40. The number of nitro groups is 1. The molecule has 0 spiro atoms. The van der Waals surface area contributed by atoms with Crippen molar-refractivity contribution in [3.05, 3.63) is 63.8 Å². The van der Waals surface area contributed by atoms with Crippen LogP contribution in [0.1, 0.15) is 17.2 Å². The second kappa shape index (κ2) is 6.67. The highest BCUT2D eigenvalue weighted by Crippen LogP contribution is 2.33. The summed E-state index contributed by atoms with van der Waals surface area (Å²) in [5, 5.41) is 10.7. The number of halogens is 3. The molecule has 1 atom stereocenters. The summed E-state index contributed by atoms with van der Waals surface area (Å²) in [4.78, 5) is 16.2. The minimum Gasteiger partial charge on any atom is -0.377 e. The zero-order valence-electron chi connectivity index (χ0n) is 12.9. The molecule has 25 heavy (non-hydrogen) atoms. The lowest BCUT2D eigenvalue weighted by atomic mass is 10.0. The molecule has 1 aromatic carbocycles. The molecular formula is C16H14F3N3O3. The van der Waals surface area contributed by atoms with Crippen LogP contribution in [-0.4, -0.2) is 29.7 Å². The van der Waals surface area contributed by atoms with E-state index in [0.717, 1.165) is 18.3 Å². The van der Waals surface area contributed by atoms with E-state index >= 15 is 0 Å². The van der Waals surface area contributed by atoms with Gasteiger partial charge in [0.15, 0.2) is 0 Å². The van der Waals surface area contributed by atoms with E-state index in [2.05, 4.69) is 4.98 Å². The van der Waals surface area contributed by atoms with E-state index < -0.39 is 16.7 Å². The number of aromatic nitrogens is 1. The average Bonchev–Trinajstić information content (AvgIpc) is 2.61. The zero-order chi connectivity index (χ0) is 18.0. The first-order valence-corrected chi connectivity index (χ1v) is 7.48. The van der Waals surface area contributed by atoms with Crippen molar-refractivity contribution < 1.29 is 22.8 Å². The van der Waals surface area contributed by atoms with Crippen LogP contribution in [0.15, 0.2) is 42.6 Å². The first-order chi connectivity index (χ1) is 11.9. The maximum atomic E-state index is 12.7. The van der Waals surface area contributed by atoms with Crippen molar-refractivity contribution in [1.29, 1.82) is 0 Å². The second-order valence-electron chi connectivity index (χ2n) is 5.54. The smallest absolute Gasteiger partial charge is 0.377 e. The molecule has 3 rings (SSSR count). The summed E-state index contributed by atoms with van der Waals surface area (Å²) >= 11 is 0. The Kier molecular flexibility index (Phi) is 4.58. The van der Waals surface area contributed by atoms with Gasteiger partial charge in [-0.2, -0.15) is 13.2 Å². The minimum atomic E-state index is -4.39. The van der Waals surface area contributed by atoms with Gasteiger partial charge in [0.05, 0.1) is 29.7 Å². The fourth-order valence-electron chi connectivity index (χ4n) is 2.70. The molecule has 0 aliphatic carbocycles. The van der Waals surface area contributed by atoms with Gasteiger partial charge in [-0.1, -0.05) is 12.1 Å². The first kappa shape index (κ1) is 17.2. The van der Waals surface area contributed by atoms with Gasteiger partial charge in [-0.15, -0.1) is 0 Å². The molecule has 9 heteroatoms. The number of benzene rings is 1. The van der Waals surface area contributed by atoms with Gasteiger partial charge in [0.1, 0.15) is 12.0 Å². The quantitative estimate of drug-likeness (QED) is 0.623. The van der Waals surface area contributed by atoms with E-state index in [9.17, 15) is 23.3 Å². The molecule has 1 aliphatic rings. The standard InChI is InChI=1S/C16H14F3N3O3/c17-16(18,19)12-3-1-11(2-4-12)14-10-25-8-7-21(14)15-6-5-13(9-20-15)22(23)24/h1-6,9,14H,7-8,10H2/t14-/m1/s1. The monoisotopic (exact) mass is 353 g/mol. The molecule has 2 aromatic rings. The maximum Gasteiger partial charge on any atom is 0.416 e. The molecule has 0 saturated carbocycles. The normalized spacial score (nSPS) is 18.2. The Balaban J connectivity index is 1.87. The highest BCUT2D eigenvalue weighted by Gasteiger charge is 2.31. The van der Waals surface area contributed by atoms with Crippen molar-refractivity contribution in [2.45, 2.75) is 12.2 Å². The number of morpholine rings is 1. The number of hydrogen-bond acceptors (Lipinski definition) is 5. The summed E-state index contributed by atoms with van der Waals surface area (Å²) in [6.45, 7) is 1.22. The molecule has 0 unspecified atom stereocenters. The van der Waals surface area contributed by atoms with Gasteiger partial charge in [0.2, 0.25) is 0 Å². The van der Waals surface area contributed by atoms with E-state index in [4.69, 9.17) is 4.74 Å².